The van der Waals surface area contributed by atoms with Crippen molar-refractivity contribution >= 4 is 36.3 Å². The van der Waals surface area contributed by atoms with Gasteiger partial charge in [0.1, 0.15) is 5.67 Å². The highest BCUT2D eigenvalue weighted by Gasteiger charge is 2.33. The number of fused-ring (bicyclic) bond motifs is 2. The van der Waals surface area contributed by atoms with Gasteiger partial charge in [-0.05, 0) is 68.9 Å². The van der Waals surface area contributed by atoms with E-state index in [4.69, 9.17) is 0 Å². The van der Waals surface area contributed by atoms with Crippen molar-refractivity contribution in [3.8, 4) is 0 Å². The van der Waals surface area contributed by atoms with Crippen LogP contribution in [0.3, 0.4) is 0 Å². The molecule has 8 nitrogen and oxygen atoms in total. The zero-order chi connectivity index (χ0) is 25.9. The lowest BCUT2D eigenvalue weighted by Gasteiger charge is -2.18. The number of sulfonamides is 1. The van der Waals surface area contributed by atoms with Crippen molar-refractivity contribution in [1.82, 2.24) is 14.7 Å². The Morgan fingerprint density at radius 2 is 1.81 bits per heavy atom. The number of hydrogen-bond donors (Lipinski definition) is 2. The van der Waals surface area contributed by atoms with Gasteiger partial charge in [-0.1, -0.05) is 0 Å². The summed E-state index contributed by atoms with van der Waals surface area (Å²) in [6, 6.07) is 5.19. The number of sulfone groups is 1. The molecule has 0 radical (unpaired) electrons. The first-order valence-electron chi connectivity index (χ1n) is 11.8. The summed E-state index contributed by atoms with van der Waals surface area (Å²) in [6.07, 6.45) is 8.70. The van der Waals surface area contributed by atoms with Gasteiger partial charge in [-0.2, -0.15) is 0 Å². The number of pyridine rings is 2. The summed E-state index contributed by atoms with van der Waals surface area (Å²) in [5, 5.41) is 4.63. The van der Waals surface area contributed by atoms with E-state index in [0.717, 1.165) is 35.7 Å². The van der Waals surface area contributed by atoms with Crippen LogP contribution in [0.5, 0.6) is 0 Å². The minimum atomic E-state index is -4.03. The molecule has 1 saturated carbocycles. The van der Waals surface area contributed by atoms with E-state index in [9.17, 15) is 21.2 Å². The van der Waals surface area contributed by atoms with Crippen molar-refractivity contribution < 1.29 is 21.2 Å². The van der Waals surface area contributed by atoms with E-state index in [1.54, 1.807) is 12.4 Å². The third-order valence-electron chi connectivity index (χ3n) is 6.57. The zero-order valence-electron chi connectivity index (χ0n) is 20.4. The summed E-state index contributed by atoms with van der Waals surface area (Å²) in [5.74, 6) is 0.347. The Bertz CT molecular complexity index is 1560. The maximum Gasteiger partial charge on any atom is 0.241 e. The van der Waals surface area contributed by atoms with Gasteiger partial charge < -0.3 is 5.32 Å². The fourth-order valence-corrected chi connectivity index (χ4v) is 6.93. The van der Waals surface area contributed by atoms with Crippen LogP contribution in [0, 0.1) is 0 Å². The summed E-state index contributed by atoms with van der Waals surface area (Å²) in [6.45, 7) is 2.32. The minimum Gasteiger partial charge on any atom is -0.380 e. The number of anilines is 1. The molecule has 11 heteroatoms. The lowest BCUT2D eigenvalue weighted by molar-refractivity contribution is 0.221. The van der Waals surface area contributed by atoms with E-state index in [0.29, 0.717) is 35.4 Å². The van der Waals surface area contributed by atoms with E-state index in [2.05, 4.69) is 20.0 Å². The van der Waals surface area contributed by atoms with E-state index in [-0.39, 0.29) is 22.4 Å². The Morgan fingerprint density at radius 1 is 1.06 bits per heavy atom. The van der Waals surface area contributed by atoms with Gasteiger partial charge in [0.2, 0.25) is 10.0 Å². The average molecular weight is 533 g/mol. The second-order valence-electron chi connectivity index (χ2n) is 10.4. The molecule has 1 fully saturated rings. The molecular weight excluding hydrogens is 503 g/mol. The Hall–Kier alpha value is -2.63. The van der Waals surface area contributed by atoms with Gasteiger partial charge in [-0.15, -0.1) is 0 Å². The van der Waals surface area contributed by atoms with Crippen LogP contribution in [0.2, 0.25) is 0 Å². The number of aromatic nitrogens is 2. The van der Waals surface area contributed by atoms with Crippen LogP contribution >= 0.6 is 0 Å². The quantitative estimate of drug-likeness (QED) is 0.456. The first kappa shape index (κ1) is 25.0. The van der Waals surface area contributed by atoms with E-state index in [1.165, 1.54) is 26.1 Å². The molecule has 1 unspecified atom stereocenters. The Labute approximate surface area is 210 Å². The molecule has 2 heterocycles. The SMILES string of the molecule is CC(C)(F)CNS(=O)(=O)c1c2c(cc3cnc(C4CC4)cc13)CC(Nc1cncc(S(C)(=O)=O)c1)C2. The van der Waals surface area contributed by atoms with Crippen molar-refractivity contribution in [2.24, 2.45) is 0 Å². The molecular formula is C25H29FN4O4S2. The van der Waals surface area contributed by atoms with Crippen molar-refractivity contribution in [1.29, 1.82) is 0 Å². The number of hydrogen-bond acceptors (Lipinski definition) is 7. The predicted octanol–water partition coefficient (Wildman–Crippen LogP) is 3.52. The molecule has 0 bridgehead atoms. The van der Waals surface area contributed by atoms with Crippen LogP contribution in [0.4, 0.5) is 10.1 Å². The highest BCUT2D eigenvalue weighted by Crippen LogP contribution is 2.42. The normalized spacial score (nSPS) is 18.4. The summed E-state index contributed by atoms with van der Waals surface area (Å²) in [5.41, 5.74) is 1.27. The molecule has 3 aromatic rings. The highest BCUT2D eigenvalue weighted by molar-refractivity contribution is 7.90. The minimum absolute atomic E-state index is 0.105. The number of benzene rings is 1. The summed E-state index contributed by atoms with van der Waals surface area (Å²) >= 11 is 0. The molecule has 0 aliphatic heterocycles. The maximum absolute atomic E-state index is 14.2. The topological polar surface area (TPSA) is 118 Å². The van der Waals surface area contributed by atoms with Crippen LogP contribution in [0.15, 0.2) is 46.6 Å². The van der Waals surface area contributed by atoms with E-state index in [1.807, 2.05) is 12.1 Å². The molecule has 2 aliphatic rings. The second-order valence-corrected chi connectivity index (χ2v) is 14.1. The Kier molecular flexibility index (Phi) is 6.08. The van der Waals surface area contributed by atoms with Crippen LogP contribution in [-0.2, 0) is 32.7 Å². The average Bonchev–Trinajstić information content (AvgIpc) is 3.56. The fourth-order valence-electron chi connectivity index (χ4n) is 4.65. The monoisotopic (exact) mass is 532 g/mol. The van der Waals surface area contributed by atoms with Crippen molar-refractivity contribution in [3.63, 3.8) is 0 Å². The highest BCUT2D eigenvalue weighted by atomic mass is 32.2. The smallest absolute Gasteiger partial charge is 0.241 e. The Balaban J connectivity index is 1.55. The molecule has 1 atom stereocenters. The first-order valence-corrected chi connectivity index (χ1v) is 15.2. The van der Waals surface area contributed by atoms with Crippen LogP contribution in [0.1, 0.15) is 49.4 Å². The van der Waals surface area contributed by atoms with Gasteiger partial charge >= 0.3 is 0 Å². The molecule has 0 spiro atoms. The molecule has 192 valence electrons. The lowest BCUT2D eigenvalue weighted by Crippen LogP contribution is -2.36. The molecule has 0 saturated heterocycles. The molecule has 1 aromatic carbocycles. The van der Waals surface area contributed by atoms with Gasteiger partial charge in [0.05, 0.1) is 21.7 Å². The van der Waals surface area contributed by atoms with Gasteiger partial charge in [-0.3, -0.25) is 9.97 Å². The van der Waals surface area contributed by atoms with Gasteiger partial charge in [0, 0.05) is 53.6 Å². The number of rotatable bonds is 8. The summed E-state index contributed by atoms with van der Waals surface area (Å²) in [7, 11) is -7.44. The van der Waals surface area contributed by atoms with Crippen molar-refractivity contribution in [3.05, 3.63) is 53.6 Å². The number of alkyl halides is 1. The van der Waals surface area contributed by atoms with Crippen LogP contribution in [0.25, 0.3) is 10.8 Å². The number of nitrogens with zero attached hydrogens (tertiary/aromatic N) is 2. The van der Waals surface area contributed by atoms with Crippen LogP contribution < -0.4 is 10.0 Å². The van der Waals surface area contributed by atoms with Gasteiger partial charge in [-0.25, -0.2) is 25.9 Å². The Morgan fingerprint density at radius 3 is 2.47 bits per heavy atom. The maximum atomic E-state index is 14.2. The number of nitrogens with one attached hydrogen (secondary N) is 2. The number of halogens is 1. The van der Waals surface area contributed by atoms with Crippen molar-refractivity contribution in [2.45, 2.75) is 67.0 Å². The van der Waals surface area contributed by atoms with Gasteiger partial charge in [0.25, 0.3) is 0 Å². The third kappa shape index (κ3) is 5.23. The molecule has 5 rings (SSSR count). The predicted molar refractivity (Wildman–Crippen MR) is 136 cm³/mol. The largest absolute Gasteiger partial charge is 0.380 e. The second kappa shape index (κ2) is 8.74. The lowest BCUT2D eigenvalue weighted by atomic mass is 10.0. The van der Waals surface area contributed by atoms with E-state index >= 15 is 0 Å². The first-order chi connectivity index (χ1) is 16.8. The summed E-state index contributed by atoms with van der Waals surface area (Å²) < 4.78 is 67.7. The molecule has 36 heavy (non-hydrogen) atoms. The van der Waals surface area contributed by atoms with Crippen molar-refractivity contribution in [2.75, 3.05) is 18.1 Å². The fraction of sp³-hybridized carbons (Fsp3) is 0.440. The molecule has 2 aromatic heterocycles. The molecule has 2 aliphatic carbocycles. The third-order valence-corrected chi connectivity index (χ3v) is 9.18. The summed E-state index contributed by atoms with van der Waals surface area (Å²) in [4.78, 5) is 8.88. The zero-order valence-corrected chi connectivity index (χ0v) is 22.0. The molecule has 2 N–H and O–H groups in total. The van der Waals surface area contributed by atoms with Crippen LogP contribution in [-0.4, -0.2) is 51.3 Å². The van der Waals surface area contributed by atoms with Gasteiger partial charge in [0.15, 0.2) is 9.84 Å². The standard InChI is InChI=1S/C25H29FN4O4S2/c1-25(2,26)14-29-36(33,34)24-21-9-18(30-19-8-20(13-27-12-19)35(3,31)32)7-16(21)6-17-11-28-23(10-22(17)24)15-4-5-15/h6,8,10-13,15,18,29-30H,4-5,7,9,14H2,1-3H3. The van der Waals surface area contributed by atoms with E-state index < -0.39 is 25.5 Å². The molecule has 0 amide bonds.